The number of hydrogen-bond acceptors (Lipinski definition) is 5. The first-order chi connectivity index (χ1) is 15.4. The monoisotopic (exact) mass is 428 g/mol. The number of rotatable bonds is 5. The lowest BCUT2D eigenvalue weighted by molar-refractivity contribution is -0.140. The second kappa shape index (κ2) is 8.67. The van der Waals surface area contributed by atoms with Gasteiger partial charge < -0.3 is 14.7 Å². The van der Waals surface area contributed by atoms with Gasteiger partial charge in [0.05, 0.1) is 18.7 Å². The lowest BCUT2D eigenvalue weighted by Crippen LogP contribution is -2.29. The molecular formula is C26H24N2O4. The molecule has 3 aromatic rings. The van der Waals surface area contributed by atoms with Crippen LogP contribution in [-0.4, -0.2) is 33.8 Å². The number of methoxy groups -OCH3 is 1. The predicted molar refractivity (Wildman–Crippen MR) is 121 cm³/mol. The zero-order chi connectivity index (χ0) is 22.8. The molecule has 1 unspecified atom stereocenters. The van der Waals surface area contributed by atoms with Crippen molar-refractivity contribution >= 4 is 17.4 Å². The topological polar surface area (TPSA) is 79.7 Å². The summed E-state index contributed by atoms with van der Waals surface area (Å²) in [5, 5.41) is 11.3. The van der Waals surface area contributed by atoms with Crippen LogP contribution in [-0.2, 0) is 16.1 Å². The number of aliphatic hydroxyl groups is 1. The van der Waals surface area contributed by atoms with Crippen LogP contribution in [0.15, 0.2) is 72.6 Å². The SMILES string of the molecule is COc1ccccc1C1/C(=C(\O)c2cc(C)ccc2C)C(=O)C(=O)N1Cc1ccncc1. The predicted octanol–water partition coefficient (Wildman–Crippen LogP) is 4.33. The van der Waals surface area contributed by atoms with E-state index >= 15 is 0 Å². The minimum Gasteiger partial charge on any atom is -0.507 e. The number of likely N-dealkylation sites (tertiary alicyclic amines) is 1. The third-order valence-electron chi connectivity index (χ3n) is 5.72. The van der Waals surface area contributed by atoms with E-state index < -0.39 is 17.7 Å². The van der Waals surface area contributed by atoms with E-state index in [-0.39, 0.29) is 17.9 Å². The van der Waals surface area contributed by atoms with Crippen molar-refractivity contribution in [2.24, 2.45) is 0 Å². The normalized spacial score (nSPS) is 17.6. The molecule has 2 aromatic carbocycles. The summed E-state index contributed by atoms with van der Waals surface area (Å²) in [6.07, 6.45) is 3.28. The molecule has 6 heteroatoms. The van der Waals surface area contributed by atoms with E-state index in [9.17, 15) is 14.7 Å². The minimum absolute atomic E-state index is 0.0576. The molecule has 2 heterocycles. The highest BCUT2D eigenvalue weighted by Gasteiger charge is 2.47. The molecule has 1 aromatic heterocycles. The second-order valence-electron chi connectivity index (χ2n) is 7.84. The molecular weight excluding hydrogens is 404 g/mol. The number of carbonyl (C=O) groups excluding carboxylic acids is 2. The lowest BCUT2D eigenvalue weighted by atomic mass is 9.92. The zero-order valence-electron chi connectivity index (χ0n) is 18.2. The summed E-state index contributed by atoms with van der Waals surface area (Å²) in [5.41, 5.74) is 3.81. The molecule has 4 rings (SSSR count). The highest BCUT2D eigenvalue weighted by atomic mass is 16.5. The van der Waals surface area contributed by atoms with E-state index in [1.165, 1.54) is 4.90 Å². The van der Waals surface area contributed by atoms with Crippen molar-refractivity contribution in [3.63, 3.8) is 0 Å². The quantitative estimate of drug-likeness (QED) is 0.372. The van der Waals surface area contributed by atoms with E-state index in [4.69, 9.17) is 4.74 Å². The molecule has 32 heavy (non-hydrogen) atoms. The van der Waals surface area contributed by atoms with Gasteiger partial charge in [0.25, 0.3) is 11.7 Å². The first-order valence-electron chi connectivity index (χ1n) is 10.3. The van der Waals surface area contributed by atoms with E-state index in [2.05, 4.69) is 4.98 Å². The number of amides is 1. The standard InChI is InChI=1S/C26H24N2O4/c1-16-8-9-17(2)20(14-16)24(29)22-23(19-6-4-5-7-21(19)32-3)28(26(31)25(22)30)15-18-10-12-27-13-11-18/h4-14,23,29H,15H2,1-3H3/b24-22+. The highest BCUT2D eigenvalue weighted by Crippen LogP contribution is 2.43. The Labute approximate surface area is 186 Å². The molecule has 0 saturated carbocycles. The number of Topliss-reactive ketones (excluding diaryl/α,β-unsaturated/α-hetero) is 1. The van der Waals surface area contributed by atoms with Gasteiger partial charge >= 0.3 is 0 Å². The Balaban J connectivity index is 1.94. The van der Waals surface area contributed by atoms with E-state index in [1.54, 1.807) is 37.7 Å². The number of benzene rings is 2. The fourth-order valence-electron chi connectivity index (χ4n) is 4.08. The number of hydrogen-bond donors (Lipinski definition) is 1. The van der Waals surface area contributed by atoms with Crippen molar-refractivity contribution in [2.75, 3.05) is 7.11 Å². The maximum atomic E-state index is 13.2. The van der Waals surface area contributed by atoms with Gasteiger partial charge in [-0.1, -0.05) is 35.9 Å². The fourth-order valence-corrected chi connectivity index (χ4v) is 4.08. The number of aliphatic hydroxyl groups excluding tert-OH is 1. The Hall–Kier alpha value is -3.93. The minimum atomic E-state index is -0.792. The first-order valence-corrected chi connectivity index (χ1v) is 10.3. The third-order valence-corrected chi connectivity index (χ3v) is 5.72. The van der Waals surface area contributed by atoms with Crippen LogP contribution in [0.5, 0.6) is 5.75 Å². The van der Waals surface area contributed by atoms with Gasteiger partial charge in [0, 0.05) is 30.1 Å². The average Bonchev–Trinajstić information content (AvgIpc) is 3.05. The van der Waals surface area contributed by atoms with Crippen molar-refractivity contribution in [1.82, 2.24) is 9.88 Å². The van der Waals surface area contributed by atoms with Crippen LogP contribution >= 0.6 is 0 Å². The zero-order valence-corrected chi connectivity index (χ0v) is 18.2. The van der Waals surface area contributed by atoms with Gasteiger partial charge in [-0.25, -0.2) is 0 Å². The number of aryl methyl sites for hydroxylation is 2. The Bertz CT molecular complexity index is 1220. The number of carbonyl (C=O) groups is 2. The molecule has 1 amide bonds. The summed E-state index contributed by atoms with van der Waals surface area (Å²) in [7, 11) is 1.54. The van der Waals surface area contributed by atoms with Crippen LogP contribution in [0.3, 0.4) is 0 Å². The van der Waals surface area contributed by atoms with Gasteiger partial charge in [-0.2, -0.15) is 0 Å². The molecule has 1 N–H and O–H groups in total. The Morgan fingerprint density at radius 1 is 1.06 bits per heavy atom. The number of para-hydroxylation sites is 1. The van der Waals surface area contributed by atoms with Crippen molar-refractivity contribution in [3.8, 4) is 5.75 Å². The van der Waals surface area contributed by atoms with Gasteiger partial charge in [-0.3, -0.25) is 14.6 Å². The van der Waals surface area contributed by atoms with Crippen LogP contribution < -0.4 is 4.74 Å². The van der Waals surface area contributed by atoms with Crippen molar-refractivity contribution in [3.05, 3.63) is 100 Å². The van der Waals surface area contributed by atoms with Crippen molar-refractivity contribution in [2.45, 2.75) is 26.4 Å². The van der Waals surface area contributed by atoms with Crippen molar-refractivity contribution in [1.29, 1.82) is 0 Å². The summed E-state index contributed by atoms with van der Waals surface area (Å²) in [6, 6.07) is 15.7. The highest BCUT2D eigenvalue weighted by molar-refractivity contribution is 6.46. The molecule has 1 aliphatic heterocycles. The average molecular weight is 428 g/mol. The van der Waals surface area contributed by atoms with Crippen molar-refractivity contribution < 1.29 is 19.4 Å². The molecule has 1 aliphatic rings. The number of pyridine rings is 1. The first kappa shape index (κ1) is 21.3. The summed E-state index contributed by atoms with van der Waals surface area (Å²) >= 11 is 0. The number of aromatic nitrogens is 1. The largest absolute Gasteiger partial charge is 0.507 e. The molecule has 6 nitrogen and oxygen atoms in total. The number of ether oxygens (including phenoxy) is 1. The van der Waals surface area contributed by atoms with E-state index in [1.807, 2.05) is 50.2 Å². The lowest BCUT2D eigenvalue weighted by Gasteiger charge is -2.26. The van der Waals surface area contributed by atoms with Gasteiger partial charge in [-0.05, 0) is 49.2 Å². The van der Waals surface area contributed by atoms with Crippen LogP contribution in [0, 0.1) is 13.8 Å². The van der Waals surface area contributed by atoms with Gasteiger partial charge in [0.2, 0.25) is 0 Å². The summed E-state index contributed by atoms with van der Waals surface area (Å²) in [4.78, 5) is 31.9. The van der Waals surface area contributed by atoms with E-state index in [0.29, 0.717) is 16.9 Å². The summed E-state index contributed by atoms with van der Waals surface area (Å²) < 4.78 is 5.54. The molecule has 1 fully saturated rings. The van der Waals surface area contributed by atoms with E-state index in [0.717, 1.165) is 16.7 Å². The second-order valence-corrected chi connectivity index (χ2v) is 7.84. The summed E-state index contributed by atoms with van der Waals surface area (Å²) in [5.74, 6) is -1.03. The Kier molecular flexibility index (Phi) is 5.77. The van der Waals surface area contributed by atoms with Gasteiger partial charge in [0.15, 0.2) is 0 Å². The number of nitrogens with zero attached hydrogens (tertiary/aromatic N) is 2. The maximum Gasteiger partial charge on any atom is 0.295 e. The molecule has 1 atom stereocenters. The molecule has 1 saturated heterocycles. The van der Waals surface area contributed by atoms with Gasteiger partial charge in [0.1, 0.15) is 11.5 Å². The Morgan fingerprint density at radius 2 is 1.78 bits per heavy atom. The number of ketones is 1. The maximum absolute atomic E-state index is 13.2. The Morgan fingerprint density at radius 3 is 2.50 bits per heavy atom. The van der Waals surface area contributed by atoms with Crippen LogP contribution in [0.25, 0.3) is 5.76 Å². The van der Waals surface area contributed by atoms with Gasteiger partial charge in [-0.15, -0.1) is 0 Å². The van der Waals surface area contributed by atoms with Crippen LogP contribution in [0.2, 0.25) is 0 Å². The molecule has 0 radical (unpaired) electrons. The molecule has 0 aliphatic carbocycles. The molecule has 0 bridgehead atoms. The molecule has 0 spiro atoms. The third kappa shape index (κ3) is 3.75. The fraction of sp³-hybridized carbons (Fsp3) is 0.192. The van der Waals surface area contributed by atoms with Crippen LogP contribution in [0.4, 0.5) is 0 Å². The summed E-state index contributed by atoms with van der Waals surface area (Å²) in [6.45, 7) is 3.97. The molecule has 162 valence electrons. The van der Waals surface area contributed by atoms with Crippen LogP contribution in [0.1, 0.15) is 33.9 Å². The smallest absolute Gasteiger partial charge is 0.295 e.